The fourth-order valence-electron chi connectivity index (χ4n) is 6.29. The van der Waals surface area contributed by atoms with E-state index in [0.717, 1.165) is 44.8 Å². The van der Waals surface area contributed by atoms with Gasteiger partial charge in [-0.15, -0.1) is 0 Å². The molecule has 1 spiro atoms. The molecule has 32 heavy (non-hydrogen) atoms. The number of fused-ring (bicyclic) bond motifs is 3. The monoisotopic (exact) mass is 445 g/mol. The number of amides is 1. The molecule has 1 aromatic heterocycles. The van der Waals surface area contributed by atoms with Crippen molar-refractivity contribution < 1.29 is 18.0 Å². The average Bonchev–Trinajstić information content (AvgIpc) is 3.39. The van der Waals surface area contributed by atoms with Crippen LogP contribution in [-0.4, -0.2) is 48.1 Å². The zero-order valence-electron chi connectivity index (χ0n) is 17.7. The van der Waals surface area contributed by atoms with Crippen molar-refractivity contribution in [1.29, 1.82) is 0 Å². The number of carbonyl (C=O) groups is 1. The predicted octanol–water partition coefficient (Wildman–Crippen LogP) is 2.98. The van der Waals surface area contributed by atoms with Crippen molar-refractivity contribution in [2.24, 2.45) is 23.2 Å². The Morgan fingerprint density at radius 3 is 2.44 bits per heavy atom. The fourth-order valence-corrected chi connectivity index (χ4v) is 6.29. The van der Waals surface area contributed by atoms with Crippen LogP contribution in [-0.2, 0) is 11.0 Å². The first-order valence-corrected chi connectivity index (χ1v) is 11.4. The standard InChI is InChI=1S/C23H26F3N5O/c24-23(25,26)15-3-4-17(20-19(15)28-7-8-29-20)31-11-16(22(12-31)5-6-22)21(32)30-18-13-1-2-14(18)10-27-9-13/h3-4,7-8,13-14,16,18,27H,1-2,5-6,9-12H2,(H,30,32). The van der Waals surface area contributed by atoms with Crippen LogP contribution in [0.2, 0.25) is 0 Å². The number of anilines is 1. The van der Waals surface area contributed by atoms with E-state index < -0.39 is 11.7 Å². The number of alkyl halides is 3. The van der Waals surface area contributed by atoms with Crippen LogP contribution in [0.3, 0.4) is 0 Å². The molecule has 1 amide bonds. The Morgan fingerprint density at radius 2 is 1.78 bits per heavy atom. The highest BCUT2D eigenvalue weighted by Gasteiger charge is 2.58. The van der Waals surface area contributed by atoms with Gasteiger partial charge in [-0.3, -0.25) is 14.8 Å². The lowest BCUT2D eigenvalue weighted by atomic mass is 9.89. The van der Waals surface area contributed by atoms with Gasteiger partial charge in [-0.1, -0.05) is 0 Å². The van der Waals surface area contributed by atoms with Crippen molar-refractivity contribution in [2.75, 3.05) is 31.1 Å². The summed E-state index contributed by atoms with van der Waals surface area (Å²) in [5.41, 5.74) is -0.116. The highest BCUT2D eigenvalue weighted by atomic mass is 19.4. The van der Waals surface area contributed by atoms with Crippen LogP contribution in [0, 0.1) is 23.2 Å². The first kappa shape index (κ1) is 20.2. The third-order valence-electron chi connectivity index (χ3n) is 8.15. The van der Waals surface area contributed by atoms with Gasteiger partial charge in [0.1, 0.15) is 11.0 Å². The smallest absolute Gasteiger partial charge is 0.368 e. The van der Waals surface area contributed by atoms with Crippen LogP contribution in [0.1, 0.15) is 31.2 Å². The molecule has 6 rings (SSSR count). The molecule has 6 nitrogen and oxygen atoms in total. The van der Waals surface area contributed by atoms with Crippen molar-refractivity contribution >= 4 is 22.6 Å². The van der Waals surface area contributed by atoms with E-state index in [-0.39, 0.29) is 34.3 Å². The van der Waals surface area contributed by atoms with E-state index in [1.165, 1.54) is 18.5 Å². The van der Waals surface area contributed by atoms with Crippen LogP contribution in [0.15, 0.2) is 24.5 Å². The lowest BCUT2D eigenvalue weighted by Gasteiger charge is -2.33. The van der Waals surface area contributed by atoms with Crippen LogP contribution < -0.4 is 15.5 Å². The minimum absolute atomic E-state index is 0.0761. The van der Waals surface area contributed by atoms with Gasteiger partial charge < -0.3 is 15.5 Å². The molecular formula is C23H26F3N5O. The highest BCUT2D eigenvalue weighted by molar-refractivity contribution is 5.92. The van der Waals surface area contributed by atoms with E-state index in [4.69, 9.17) is 0 Å². The Kier molecular flexibility index (Phi) is 4.44. The number of nitrogens with zero attached hydrogens (tertiary/aromatic N) is 3. The molecule has 3 heterocycles. The Morgan fingerprint density at radius 1 is 1.09 bits per heavy atom. The quantitative estimate of drug-likeness (QED) is 0.760. The number of piperidine rings is 1. The van der Waals surface area contributed by atoms with Crippen molar-refractivity contribution in [2.45, 2.75) is 37.9 Å². The first-order chi connectivity index (χ1) is 15.4. The molecule has 4 fully saturated rings. The molecule has 4 aliphatic rings. The highest BCUT2D eigenvalue weighted by Crippen LogP contribution is 2.57. The summed E-state index contributed by atoms with van der Waals surface area (Å²) in [4.78, 5) is 23.7. The average molecular weight is 445 g/mol. The Balaban J connectivity index is 1.27. The van der Waals surface area contributed by atoms with Gasteiger partial charge in [0.25, 0.3) is 0 Å². The number of nitrogens with one attached hydrogen (secondary N) is 2. The van der Waals surface area contributed by atoms with Crippen molar-refractivity contribution in [1.82, 2.24) is 20.6 Å². The van der Waals surface area contributed by atoms with E-state index in [1.807, 2.05) is 4.90 Å². The summed E-state index contributed by atoms with van der Waals surface area (Å²) in [6, 6.07) is 2.82. The SMILES string of the molecule is O=C(NC1C2CCC1CNC2)C1CN(c2ccc(C(F)(F)F)c3nccnc23)CC12CC2. The third-order valence-corrected chi connectivity index (χ3v) is 8.15. The lowest BCUT2D eigenvalue weighted by molar-refractivity contribution is -0.136. The molecule has 2 saturated carbocycles. The van der Waals surface area contributed by atoms with E-state index in [2.05, 4.69) is 20.6 Å². The second-order valence-electron chi connectivity index (χ2n) is 9.97. The molecule has 0 radical (unpaired) electrons. The van der Waals surface area contributed by atoms with Crippen molar-refractivity contribution in [3.63, 3.8) is 0 Å². The van der Waals surface area contributed by atoms with Crippen LogP contribution in [0.4, 0.5) is 18.9 Å². The molecule has 170 valence electrons. The third kappa shape index (κ3) is 3.16. The summed E-state index contributed by atoms with van der Waals surface area (Å²) in [6.45, 7) is 3.09. The normalized spacial score (nSPS) is 30.8. The predicted molar refractivity (Wildman–Crippen MR) is 113 cm³/mol. The van der Waals surface area contributed by atoms with Gasteiger partial charge in [0.15, 0.2) is 0 Å². The van der Waals surface area contributed by atoms with Crippen LogP contribution in [0.5, 0.6) is 0 Å². The van der Waals surface area contributed by atoms with E-state index in [9.17, 15) is 18.0 Å². The largest absolute Gasteiger partial charge is 0.418 e. The summed E-state index contributed by atoms with van der Waals surface area (Å²) >= 11 is 0. The Hall–Kier alpha value is -2.42. The minimum Gasteiger partial charge on any atom is -0.368 e. The first-order valence-electron chi connectivity index (χ1n) is 11.4. The summed E-state index contributed by atoms with van der Waals surface area (Å²) in [7, 11) is 0. The molecule has 3 unspecified atom stereocenters. The molecule has 2 aliphatic carbocycles. The van der Waals surface area contributed by atoms with Crippen LogP contribution >= 0.6 is 0 Å². The summed E-state index contributed by atoms with van der Waals surface area (Å²) in [5.74, 6) is 0.959. The molecule has 2 aromatic rings. The number of halogens is 3. The molecule has 2 aliphatic heterocycles. The number of benzene rings is 1. The molecule has 9 heteroatoms. The molecule has 1 aromatic carbocycles. The second kappa shape index (κ2) is 7.04. The topological polar surface area (TPSA) is 70.2 Å². The molecule has 2 saturated heterocycles. The maximum Gasteiger partial charge on any atom is 0.418 e. The molecule has 2 N–H and O–H groups in total. The minimum atomic E-state index is -4.49. The number of hydrogen-bond donors (Lipinski definition) is 2. The summed E-state index contributed by atoms with van der Waals surface area (Å²) in [5, 5.41) is 6.83. The van der Waals surface area contributed by atoms with Crippen LogP contribution in [0.25, 0.3) is 11.0 Å². The van der Waals surface area contributed by atoms with Gasteiger partial charge in [-0.2, -0.15) is 13.2 Å². The second-order valence-corrected chi connectivity index (χ2v) is 9.97. The number of carbonyl (C=O) groups excluding carboxylic acids is 1. The fraction of sp³-hybridized carbons (Fsp3) is 0.609. The number of hydrogen-bond acceptors (Lipinski definition) is 5. The maximum atomic E-state index is 13.5. The van der Waals surface area contributed by atoms with Gasteiger partial charge in [0.2, 0.25) is 5.91 Å². The van der Waals surface area contributed by atoms with Crippen molar-refractivity contribution in [3.8, 4) is 0 Å². The zero-order chi connectivity index (χ0) is 22.1. The number of rotatable bonds is 3. The van der Waals surface area contributed by atoms with E-state index in [1.54, 1.807) is 0 Å². The molecule has 2 bridgehead atoms. The van der Waals surface area contributed by atoms with Gasteiger partial charge in [0.05, 0.1) is 17.2 Å². The maximum absolute atomic E-state index is 13.5. The van der Waals surface area contributed by atoms with Gasteiger partial charge in [-0.25, -0.2) is 0 Å². The lowest BCUT2D eigenvalue weighted by Crippen LogP contribution is -2.53. The molecular weight excluding hydrogens is 419 g/mol. The summed E-state index contributed by atoms with van der Waals surface area (Å²) < 4.78 is 40.4. The van der Waals surface area contributed by atoms with Gasteiger partial charge >= 0.3 is 6.18 Å². The Labute approximate surface area is 184 Å². The summed E-state index contributed by atoms with van der Waals surface area (Å²) in [6.07, 6.45) is 2.48. The van der Waals surface area contributed by atoms with E-state index in [0.29, 0.717) is 30.6 Å². The molecule has 3 atom stereocenters. The van der Waals surface area contributed by atoms with Crippen molar-refractivity contribution in [3.05, 3.63) is 30.1 Å². The zero-order valence-corrected chi connectivity index (χ0v) is 17.7. The Bertz CT molecular complexity index is 1050. The van der Waals surface area contributed by atoms with Gasteiger partial charge in [-0.05, 0) is 62.7 Å². The number of aromatic nitrogens is 2. The van der Waals surface area contributed by atoms with Gasteiger partial charge in [0, 0.05) is 36.9 Å². The van der Waals surface area contributed by atoms with E-state index >= 15 is 0 Å².